The molecule has 0 saturated carbocycles. The molecule has 0 N–H and O–H groups in total. The first-order valence-corrected chi connectivity index (χ1v) is 9.28. The van der Waals surface area contributed by atoms with Gasteiger partial charge in [0, 0.05) is 21.0 Å². The van der Waals surface area contributed by atoms with Gasteiger partial charge in [-0.3, -0.25) is 0 Å². The number of rotatable bonds is 5. The number of halogens is 2. The monoisotopic (exact) mass is 451 g/mol. The van der Waals surface area contributed by atoms with Crippen molar-refractivity contribution in [3.05, 3.63) is 68.5 Å². The molecule has 0 bridgehead atoms. The van der Waals surface area contributed by atoms with Crippen LogP contribution < -0.4 is 39.4 Å². The molecule has 0 aliphatic rings. The van der Waals surface area contributed by atoms with Crippen molar-refractivity contribution in [3.8, 4) is 5.75 Å². The molecule has 5 nitrogen and oxygen atoms in total. The summed E-state index contributed by atoms with van der Waals surface area (Å²) in [7, 11) is -2.58. The predicted molar refractivity (Wildman–Crippen MR) is 96.6 cm³/mol. The molecule has 0 heterocycles. The summed E-state index contributed by atoms with van der Waals surface area (Å²) in [6.45, 7) is 0. The Morgan fingerprint density at radius 3 is 2.64 bits per heavy atom. The maximum absolute atomic E-state index is 12.0. The van der Waals surface area contributed by atoms with Crippen LogP contribution in [0.25, 0.3) is 6.08 Å². The standard InChI is InChI=1S/C16H13BrClNO4S.Na/c1-23-13-4-2-3-11(9-13)7-8-24(21,22)19-16(20)14-6-5-12(17)10-15(14)18;/h2-10H,1H3,(H,19,20);/q;+1/p-1/b8-7+;. The zero-order valence-electron chi connectivity index (χ0n) is 13.4. The number of hydrogen-bond acceptors (Lipinski definition) is 4. The van der Waals surface area contributed by atoms with E-state index in [0.29, 0.717) is 15.8 Å². The minimum atomic E-state index is -4.09. The summed E-state index contributed by atoms with van der Waals surface area (Å²) < 4.78 is 32.9. The molecule has 0 saturated heterocycles. The van der Waals surface area contributed by atoms with E-state index in [-0.39, 0.29) is 40.1 Å². The first-order valence-electron chi connectivity index (χ1n) is 6.60. The second-order valence-electron chi connectivity index (χ2n) is 4.61. The smallest absolute Gasteiger partial charge is 0.858 e. The van der Waals surface area contributed by atoms with E-state index in [2.05, 4.69) is 20.3 Å². The average Bonchev–Trinajstić information content (AvgIpc) is 2.52. The van der Waals surface area contributed by atoms with Crippen LogP contribution in [0.3, 0.4) is 0 Å². The summed E-state index contributed by atoms with van der Waals surface area (Å²) >= 11 is 9.13. The van der Waals surface area contributed by atoms with Crippen molar-refractivity contribution in [2.75, 3.05) is 7.11 Å². The Bertz CT molecular complexity index is 916. The van der Waals surface area contributed by atoms with E-state index < -0.39 is 15.9 Å². The number of hydrogen-bond donors (Lipinski definition) is 0. The van der Waals surface area contributed by atoms with Crippen LogP contribution in [0.2, 0.25) is 5.02 Å². The van der Waals surface area contributed by atoms with Crippen molar-refractivity contribution in [2.24, 2.45) is 4.40 Å². The number of ether oxygens (including phenoxy) is 1. The third-order valence-corrected chi connectivity index (χ3v) is 4.60. The SMILES string of the molecule is COc1cccc(/C=C/S(=O)(=O)/N=C(\[O-])c2ccc(Br)cc2Cl)c1.[Na+]. The van der Waals surface area contributed by atoms with Gasteiger partial charge in [0.25, 0.3) is 10.0 Å². The molecule has 2 rings (SSSR count). The molecular weight excluding hydrogens is 441 g/mol. The summed E-state index contributed by atoms with van der Waals surface area (Å²) in [5.41, 5.74) is 0.612. The molecule has 0 amide bonds. The number of sulfonamides is 1. The number of benzene rings is 2. The summed E-state index contributed by atoms with van der Waals surface area (Å²) in [5.74, 6) is -0.341. The normalized spacial score (nSPS) is 12.0. The summed E-state index contributed by atoms with van der Waals surface area (Å²) in [5, 5.41) is 13.0. The van der Waals surface area contributed by atoms with Gasteiger partial charge in [-0.2, -0.15) is 12.8 Å². The van der Waals surface area contributed by atoms with E-state index in [0.717, 1.165) is 5.41 Å². The van der Waals surface area contributed by atoms with Gasteiger partial charge in [-0.1, -0.05) is 45.7 Å². The van der Waals surface area contributed by atoms with Gasteiger partial charge in [0.15, 0.2) is 0 Å². The van der Waals surface area contributed by atoms with E-state index in [1.54, 1.807) is 30.3 Å². The Balaban J connectivity index is 0.00000312. The van der Waals surface area contributed by atoms with Gasteiger partial charge in [-0.25, -0.2) is 0 Å². The van der Waals surface area contributed by atoms with Gasteiger partial charge in [0.2, 0.25) is 0 Å². The molecule has 0 aromatic heterocycles. The van der Waals surface area contributed by atoms with E-state index >= 15 is 0 Å². The molecular formula is C16H12BrClNNaO4S. The zero-order chi connectivity index (χ0) is 17.7. The Kier molecular flexibility index (Phi) is 8.67. The van der Waals surface area contributed by atoms with Crippen molar-refractivity contribution in [3.63, 3.8) is 0 Å². The van der Waals surface area contributed by atoms with Crippen LogP contribution >= 0.6 is 27.5 Å². The van der Waals surface area contributed by atoms with Gasteiger partial charge in [0.05, 0.1) is 12.5 Å². The molecule has 0 radical (unpaired) electrons. The molecule has 0 unspecified atom stereocenters. The van der Waals surface area contributed by atoms with Gasteiger partial charge < -0.3 is 9.84 Å². The quantitative estimate of drug-likeness (QED) is 0.369. The van der Waals surface area contributed by atoms with Crippen LogP contribution in [-0.4, -0.2) is 21.4 Å². The minimum Gasteiger partial charge on any atom is -0.858 e. The maximum atomic E-state index is 12.0. The Labute approximate surface area is 181 Å². The van der Waals surface area contributed by atoms with E-state index in [1.165, 1.54) is 25.3 Å². The molecule has 0 atom stereocenters. The fraction of sp³-hybridized carbons (Fsp3) is 0.0625. The van der Waals surface area contributed by atoms with Gasteiger partial charge >= 0.3 is 29.6 Å². The number of methoxy groups -OCH3 is 1. The third-order valence-electron chi connectivity index (χ3n) is 2.90. The van der Waals surface area contributed by atoms with Gasteiger partial charge in [0.1, 0.15) is 5.75 Å². The van der Waals surface area contributed by atoms with E-state index in [9.17, 15) is 13.5 Å². The predicted octanol–water partition coefficient (Wildman–Crippen LogP) is 0.223. The third kappa shape index (κ3) is 6.77. The van der Waals surface area contributed by atoms with Crippen molar-refractivity contribution < 1.29 is 47.8 Å². The van der Waals surface area contributed by atoms with Crippen molar-refractivity contribution in [1.82, 2.24) is 0 Å². The first-order chi connectivity index (χ1) is 11.3. The van der Waals surface area contributed by atoms with Crippen molar-refractivity contribution in [2.45, 2.75) is 0 Å². The van der Waals surface area contributed by atoms with Crippen molar-refractivity contribution >= 4 is 49.5 Å². The molecule has 9 heteroatoms. The van der Waals surface area contributed by atoms with Gasteiger partial charge in [-0.15, -0.1) is 0 Å². The van der Waals surface area contributed by atoms with Crippen LogP contribution in [-0.2, 0) is 10.0 Å². The summed E-state index contributed by atoms with van der Waals surface area (Å²) in [6.07, 6.45) is 1.33. The van der Waals surface area contributed by atoms with Crippen LogP contribution in [0.15, 0.2) is 56.7 Å². The van der Waals surface area contributed by atoms with Crippen molar-refractivity contribution in [1.29, 1.82) is 0 Å². The zero-order valence-corrected chi connectivity index (χ0v) is 18.6. The summed E-state index contributed by atoms with van der Waals surface area (Å²) in [4.78, 5) is 0. The van der Waals surface area contributed by atoms with Crippen LogP contribution in [0.4, 0.5) is 0 Å². The molecule has 126 valence electrons. The maximum Gasteiger partial charge on any atom is 1.00 e. The largest absolute Gasteiger partial charge is 1.00 e. The summed E-state index contributed by atoms with van der Waals surface area (Å²) in [6, 6.07) is 11.3. The Morgan fingerprint density at radius 2 is 2.00 bits per heavy atom. The minimum absolute atomic E-state index is 0. The molecule has 25 heavy (non-hydrogen) atoms. The van der Waals surface area contributed by atoms with Crippen LogP contribution in [0.5, 0.6) is 5.75 Å². The second-order valence-corrected chi connectivity index (χ2v) is 7.42. The topological polar surface area (TPSA) is 78.8 Å². The Morgan fingerprint density at radius 1 is 1.28 bits per heavy atom. The Hall–Kier alpha value is -0.830. The molecule has 0 aliphatic carbocycles. The second kappa shape index (κ2) is 9.75. The fourth-order valence-electron chi connectivity index (χ4n) is 1.77. The first kappa shape index (κ1) is 22.2. The number of nitrogens with zero attached hydrogens (tertiary/aromatic N) is 1. The molecule has 0 fully saturated rings. The van der Waals surface area contributed by atoms with E-state index in [4.69, 9.17) is 16.3 Å². The molecule has 2 aromatic rings. The van der Waals surface area contributed by atoms with Gasteiger partial charge in [-0.05, 0) is 35.9 Å². The molecule has 0 spiro atoms. The molecule has 2 aromatic carbocycles. The fourth-order valence-corrected chi connectivity index (χ4v) is 3.24. The average molecular weight is 453 g/mol. The van der Waals surface area contributed by atoms with Crippen LogP contribution in [0.1, 0.15) is 11.1 Å². The van der Waals surface area contributed by atoms with E-state index in [1.807, 2.05) is 0 Å². The van der Waals surface area contributed by atoms with Crippen LogP contribution in [0, 0.1) is 0 Å². The molecule has 0 aliphatic heterocycles.